The number of piperidine rings is 1. The van der Waals surface area contributed by atoms with Gasteiger partial charge in [0.15, 0.2) is 0 Å². The molecule has 2 heterocycles. The molecule has 0 amide bonds. The van der Waals surface area contributed by atoms with Crippen LogP contribution in [0.25, 0.3) is 22.4 Å². The summed E-state index contributed by atoms with van der Waals surface area (Å²) in [7, 11) is 0. The first-order valence-corrected chi connectivity index (χ1v) is 8.11. The fraction of sp³-hybridized carbons (Fsp3) is 0.316. The molecule has 0 atom stereocenters. The second-order valence-electron chi connectivity index (χ2n) is 6.20. The molecule has 112 valence electrons. The van der Waals surface area contributed by atoms with Gasteiger partial charge in [0.2, 0.25) is 0 Å². The molecule has 3 heteroatoms. The number of fused-ring (bicyclic) bond motifs is 1. The number of H-pyrrole nitrogens is 1. The minimum absolute atomic E-state index is 0.950. The van der Waals surface area contributed by atoms with Gasteiger partial charge in [-0.25, -0.2) is 4.98 Å². The largest absolute Gasteiger partial charge is 0.372 e. The number of aromatic amines is 1. The molecule has 3 nitrogen and oxygen atoms in total. The molecule has 0 unspecified atom stereocenters. The van der Waals surface area contributed by atoms with Gasteiger partial charge in [-0.1, -0.05) is 6.07 Å². The van der Waals surface area contributed by atoms with Crippen LogP contribution in [0.15, 0.2) is 42.5 Å². The van der Waals surface area contributed by atoms with Crippen LogP contribution in [0.3, 0.4) is 0 Å². The quantitative estimate of drug-likeness (QED) is 0.752. The molecular weight excluding hydrogens is 270 g/mol. The molecule has 1 saturated heterocycles. The number of anilines is 1. The summed E-state index contributed by atoms with van der Waals surface area (Å²) < 4.78 is 0. The first-order chi connectivity index (χ1) is 10.8. The van der Waals surface area contributed by atoms with Gasteiger partial charge < -0.3 is 9.88 Å². The lowest BCUT2D eigenvalue weighted by Crippen LogP contribution is -2.29. The molecule has 1 aromatic heterocycles. The van der Waals surface area contributed by atoms with Crippen molar-refractivity contribution in [3.05, 3.63) is 48.0 Å². The summed E-state index contributed by atoms with van der Waals surface area (Å²) in [6.45, 7) is 4.47. The van der Waals surface area contributed by atoms with Gasteiger partial charge >= 0.3 is 0 Å². The number of hydrogen-bond donors (Lipinski definition) is 1. The van der Waals surface area contributed by atoms with E-state index in [0.29, 0.717) is 0 Å². The normalized spacial score (nSPS) is 15.4. The van der Waals surface area contributed by atoms with E-state index < -0.39 is 0 Å². The predicted octanol–water partition coefficient (Wildman–Crippen LogP) is 4.53. The second-order valence-corrected chi connectivity index (χ2v) is 6.20. The lowest BCUT2D eigenvalue weighted by molar-refractivity contribution is 0.578. The van der Waals surface area contributed by atoms with Crippen LogP contribution in [0.4, 0.5) is 5.69 Å². The van der Waals surface area contributed by atoms with Crippen LogP contribution in [-0.2, 0) is 0 Å². The van der Waals surface area contributed by atoms with Crippen LogP contribution in [0.2, 0.25) is 0 Å². The van der Waals surface area contributed by atoms with Gasteiger partial charge in [-0.2, -0.15) is 0 Å². The van der Waals surface area contributed by atoms with Crippen molar-refractivity contribution in [3.8, 4) is 11.4 Å². The lowest BCUT2D eigenvalue weighted by Gasteiger charge is -2.28. The molecule has 0 radical (unpaired) electrons. The van der Waals surface area contributed by atoms with E-state index in [1.54, 1.807) is 0 Å². The number of nitrogens with one attached hydrogen (secondary N) is 1. The van der Waals surface area contributed by atoms with Crippen LogP contribution in [0, 0.1) is 6.92 Å². The fourth-order valence-corrected chi connectivity index (χ4v) is 3.24. The summed E-state index contributed by atoms with van der Waals surface area (Å²) in [5.74, 6) is 0.950. The Morgan fingerprint density at radius 1 is 0.955 bits per heavy atom. The maximum atomic E-state index is 4.70. The highest BCUT2D eigenvalue weighted by molar-refractivity contribution is 5.80. The van der Waals surface area contributed by atoms with Crippen molar-refractivity contribution >= 4 is 16.7 Å². The van der Waals surface area contributed by atoms with Gasteiger partial charge in [-0.15, -0.1) is 0 Å². The Morgan fingerprint density at radius 2 is 1.73 bits per heavy atom. The Kier molecular flexibility index (Phi) is 3.34. The summed E-state index contributed by atoms with van der Waals surface area (Å²) in [5, 5.41) is 0. The predicted molar refractivity (Wildman–Crippen MR) is 92.3 cm³/mol. The van der Waals surface area contributed by atoms with Crippen molar-refractivity contribution in [1.82, 2.24) is 9.97 Å². The van der Waals surface area contributed by atoms with Gasteiger partial charge in [0.05, 0.1) is 11.0 Å². The Morgan fingerprint density at radius 3 is 2.50 bits per heavy atom. The molecule has 0 spiro atoms. The lowest BCUT2D eigenvalue weighted by atomic mass is 10.1. The zero-order chi connectivity index (χ0) is 14.9. The van der Waals surface area contributed by atoms with Gasteiger partial charge in [0, 0.05) is 24.3 Å². The first kappa shape index (κ1) is 13.4. The summed E-state index contributed by atoms with van der Waals surface area (Å²) >= 11 is 0. The van der Waals surface area contributed by atoms with Crippen molar-refractivity contribution in [1.29, 1.82) is 0 Å². The van der Waals surface area contributed by atoms with E-state index in [9.17, 15) is 0 Å². The molecule has 2 aromatic carbocycles. The minimum Gasteiger partial charge on any atom is -0.372 e. The van der Waals surface area contributed by atoms with Crippen LogP contribution in [-0.4, -0.2) is 23.1 Å². The van der Waals surface area contributed by atoms with E-state index in [0.717, 1.165) is 22.4 Å². The number of aromatic nitrogens is 2. The highest BCUT2D eigenvalue weighted by atomic mass is 15.1. The van der Waals surface area contributed by atoms with E-state index >= 15 is 0 Å². The average Bonchev–Trinajstić information content (AvgIpc) is 2.99. The number of rotatable bonds is 2. The fourth-order valence-electron chi connectivity index (χ4n) is 3.24. The van der Waals surface area contributed by atoms with Crippen molar-refractivity contribution in [2.24, 2.45) is 0 Å². The number of hydrogen-bond acceptors (Lipinski definition) is 2. The number of imidazole rings is 1. The molecule has 1 N–H and O–H groups in total. The van der Waals surface area contributed by atoms with E-state index in [1.165, 1.54) is 43.6 Å². The Balaban J connectivity index is 1.63. The number of benzene rings is 2. The van der Waals surface area contributed by atoms with Gasteiger partial charge in [-0.3, -0.25) is 0 Å². The van der Waals surface area contributed by atoms with Crippen LogP contribution < -0.4 is 4.90 Å². The van der Waals surface area contributed by atoms with Crippen molar-refractivity contribution < 1.29 is 0 Å². The molecule has 1 aliphatic heterocycles. The maximum Gasteiger partial charge on any atom is 0.138 e. The molecule has 1 aliphatic rings. The van der Waals surface area contributed by atoms with E-state index in [-0.39, 0.29) is 0 Å². The third kappa shape index (κ3) is 2.47. The van der Waals surface area contributed by atoms with Crippen molar-refractivity contribution in [2.45, 2.75) is 26.2 Å². The molecular formula is C19H21N3. The van der Waals surface area contributed by atoms with Crippen molar-refractivity contribution in [2.75, 3.05) is 18.0 Å². The third-order valence-corrected chi connectivity index (χ3v) is 4.50. The third-order valence-electron chi connectivity index (χ3n) is 4.50. The van der Waals surface area contributed by atoms with Crippen LogP contribution >= 0.6 is 0 Å². The Bertz CT molecular complexity index is 780. The highest BCUT2D eigenvalue weighted by Gasteiger charge is 2.11. The average molecular weight is 291 g/mol. The molecule has 4 rings (SSSR count). The number of aryl methyl sites for hydroxylation is 1. The molecule has 3 aromatic rings. The summed E-state index contributed by atoms with van der Waals surface area (Å²) in [6.07, 6.45) is 3.99. The molecule has 22 heavy (non-hydrogen) atoms. The molecule has 1 fully saturated rings. The molecule has 0 aliphatic carbocycles. The monoisotopic (exact) mass is 291 g/mol. The second kappa shape index (κ2) is 5.48. The zero-order valence-electron chi connectivity index (χ0n) is 13.0. The standard InChI is InChI=1S/C19H21N3/c1-14-5-10-17-18(13-14)21-19(20-17)15-6-8-16(9-7-15)22-11-3-2-4-12-22/h5-10,13H,2-4,11-12H2,1H3,(H,20,21). The summed E-state index contributed by atoms with van der Waals surface area (Å²) in [5.41, 5.74) is 5.86. The number of nitrogens with zero attached hydrogens (tertiary/aromatic N) is 2. The topological polar surface area (TPSA) is 31.9 Å². The maximum absolute atomic E-state index is 4.70. The Labute approximate surface area is 131 Å². The summed E-state index contributed by atoms with van der Waals surface area (Å²) in [6, 6.07) is 15.1. The first-order valence-electron chi connectivity index (χ1n) is 8.11. The van der Waals surface area contributed by atoms with E-state index in [2.05, 4.69) is 59.3 Å². The Hall–Kier alpha value is -2.29. The van der Waals surface area contributed by atoms with E-state index in [4.69, 9.17) is 4.98 Å². The van der Waals surface area contributed by atoms with Crippen LogP contribution in [0.1, 0.15) is 24.8 Å². The highest BCUT2D eigenvalue weighted by Crippen LogP contribution is 2.25. The molecule has 0 saturated carbocycles. The minimum atomic E-state index is 0.950. The SMILES string of the molecule is Cc1ccc2nc(-c3ccc(N4CCCCC4)cc3)[nH]c2c1. The summed E-state index contributed by atoms with van der Waals surface area (Å²) in [4.78, 5) is 10.6. The zero-order valence-corrected chi connectivity index (χ0v) is 13.0. The van der Waals surface area contributed by atoms with Gasteiger partial charge in [-0.05, 0) is 68.1 Å². The van der Waals surface area contributed by atoms with E-state index in [1.807, 2.05) is 0 Å². The molecule has 0 bridgehead atoms. The van der Waals surface area contributed by atoms with Crippen molar-refractivity contribution in [3.63, 3.8) is 0 Å². The van der Waals surface area contributed by atoms with Crippen LogP contribution in [0.5, 0.6) is 0 Å². The van der Waals surface area contributed by atoms with Gasteiger partial charge in [0.1, 0.15) is 5.82 Å². The van der Waals surface area contributed by atoms with Gasteiger partial charge in [0.25, 0.3) is 0 Å². The smallest absolute Gasteiger partial charge is 0.138 e.